The quantitative estimate of drug-likeness (QED) is 0.144. The zero-order valence-corrected chi connectivity index (χ0v) is 24.5. The number of carbonyl (C=O) groups excluding carboxylic acids is 1. The van der Waals surface area contributed by atoms with E-state index < -0.39 is 5.97 Å². The summed E-state index contributed by atoms with van der Waals surface area (Å²) in [5, 5.41) is 20.1. The molecule has 0 radical (unpaired) electrons. The van der Waals surface area contributed by atoms with Gasteiger partial charge in [-0.1, -0.05) is 57.9 Å². The van der Waals surface area contributed by atoms with Crippen LogP contribution in [0, 0.1) is 0 Å². The number of aromatic carboxylic acids is 1. The molecular formula is C27H45NaO8. The zero-order chi connectivity index (χ0) is 25.4. The van der Waals surface area contributed by atoms with Gasteiger partial charge in [0, 0.05) is 5.56 Å². The summed E-state index contributed by atoms with van der Waals surface area (Å²) < 4.78 is 26.9. The van der Waals surface area contributed by atoms with E-state index in [1.54, 1.807) is 12.1 Å². The molecule has 36 heavy (non-hydrogen) atoms. The van der Waals surface area contributed by atoms with Crippen LogP contribution >= 0.6 is 0 Å². The maximum absolute atomic E-state index is 11.6. The van der Waals surface area contributed by atoms with Crippen LogP contribution in [0.4, 0.5) is 0 Å². The average molecular weight is 521 g/mol. The van der Waals surface area contributed by atoms with E-state index in [0.29, 0.717) is 58.6 Å². The van der Waals surface area contributed by atoms with E-state index in [1.807, 2.05) is 6.07 Å². The van der Waals surface area contributed by atoms with Gasteiger partial charge >= 0.3 is 29.6 Å². The summed E-state index contributed by atoms with van der Waals surface area (Å²) >= 11 is 0. The minimum atomic E-state index is -1.23. The van der Waals surface area contributed by atoms with E-state index in [-0.39, 0.29) is 48.3 Å². The van der Waals surface area contributed by atoms with Crippen LogP contribution in [0.25, 0.3) is 0 Å². The smallest absolute Gasteiger partial charge is 0.545 e. The van der Waals surface area contributed by atoms with Crippen molar-refractivity contribution in [3.63, 3.8) is 0 Å². The normalized spacial score (nSPS) is 10.8. The number of aryl methyl sites for hydroxylation is 1. The fourth-order valence-corrected chi connectivity index (χ4v) is 3.52. The molecule has 9 heteroatoms. The molecule has 202 valence electrons. The Balaban J connectivity index is 0.0000122. The fraction of sp³-hybridized carbons (Fsp3) is 0.741. The number of aliphatic hydroxyl groups is 1. The third kappa shape index (κ3) is 19.4. The first-order valence-electron chi connectivity index (χ1n) is 13.1. The van der Waals surface area contributed by atoms with Crippen molar-refractivity contribution in [2.45, 2.75) is 64.7 Å². The van der Waals surface area contributed by atoms with Gasteiger partial charge in [0.2, 0.25) is 0 Å². The Morgan fingerprint density at radius 2 is 1.25 bits per heavy atom. The molecule has 0 spiro atoms. The number of benzene rings is 1. The van der Waals surface area contributed by atoms with E-state index in [2.05, 4.69) is 6.92 Å². The van der Waals surface area contributed by atoms with Crippen LogP contribution in [0.2, 0.25) is 0 Å². The predicted octanol–water partition coefficient (Wildman–Crippen LogP) is 0.175. The first-order valence-corrected chi connectivity index (χ1v) is 13.1. The van der Waals surface area contributed by atoms with E-state index in [4.69, 9.17) is 28.8 Å². The molecule has 1 N–H and O–H groups in total. The molecule has 0 aliphatic rings. The molecule has 1 rings (SSSR count). The van der Waals surface area contributed by atoms with Crippen LogP contribution in [0.5, 0.6) is 5.75 Å². The number of carboxylic acid groups (broad SMARTS) is 1. The standard InChI is InChI=1S/C27H46O8.Na/c1-2-3-4-5-6-7-8-9-10-24-11-12-26(25(23-24)27(29)30)35-22-21-34-20-19-33-18-17-32-16-15-31-14-13-28;/h11-12,23,28H,2-10,13-22H2,1H3,(H,29,30);/q;+1/p-1. The Labute approximate surface area is 239 Å². The summed E-state index contributed by atoms with van der Waals surface area (Å²) in [6.07, 6.45) is 10.8. The number of carboxylic acids is 1. The van der Waals surface area contributed by atoms with Crippen molar-refractivity contribution in [1.29, 1.82) is 0 Å². The number of rotatable bonds is 25. The van der Waals surface area contributed by atoms with Gasteiger partial charge in [0.1, 0.15) is 12.4 Å². The first kappa shape index (κ1) is 35.3. The van der Waals surface area contributed by atoms with Crippen molar-refractivity contribution in [3.05, 3.63) is 29.3 Å². The van der Waals surface area contributed by atoms with E-state index >= 15 is 0 Å². The van der Waals surface area contributed by atoms with Crippen molar-refractivity contribution in [2.75, 3.05) is 66.1 Å². The minimum absolute atomic E-state index is 0. The fourth-order valence-electron chi connectivity index (χ4n) is 3.52. The van der Waals surface area contributed by atoms with Gasteiger partial charge in [-0.15, -0.1) is 0 Å². The maximum atomic E-state index is 11.6. The van der Waals surface area contributed by atoms with Crippen LogP contribution in [0.1, 0.15) is 74.2 Å². The Morgan fingerprint density at radius 1 is 0.750 bits per heavy atom. The van der Waals surface area contributed by atoms with Gasteiger partial charge in [-0.25, -0.2) is 0 Å². The number of hydrogen-bond acceptors (Lipinski definition) is 8. The van der Waals surface area contributed by atoms with Crippen molar-refractivity contribution in [3.8, 4) is 5.75 Å². The van der Waals surface area contributed by atoms with Crippen LogP contribution in [-0.4, -0.2) is 77.1 Å². The minimum Gasteiger partial charge on any atom is -0.545 e. The summed E-state index contributed by atoms with van der Waals surface area (Å²) in [5.41, 5.74) is 1.09. The second-order valence-electron chi connectivity index (χ2n) is 8.36. The molecule has 0 bridgehead atoms. The zero-order valence-electron chi connectivity index (χ0n) is 22.5. The SMILES string of the molecule is CCCCCCCCCCc1ccc(OCCOCCOCCOCCOCCO)c(C(=O)[O-])c1.[Na+]. The summed E-state index contributed by atoms with van der Waals surface area (Å²) in [4.78, 5) is 11.6. The van der Waals surface area contributed by atoms with Gasteiger partial charge in [-0.05, 0) is 30.5 Å². The van der Waals surface area contributed by atoms with Gasteiger partial charge in [0.05, 0.1) is 65.4 Å². The molecule has 8 nitrogen and oxygen atoms in total. The van der Waals surface area contributed by atoms with Gasteiger partial charge in [-0.3, -0.25) is 0 Å². The maximum Gasteiger partial charge on any atom is 1.00 e. The summed E-state index contributed by atoms with van der Waals surface area (Å²) in [7, 11) is 0. The Hall–Kier alpha value is -0.710. The van der Waals surface area contributed by atoms with Crippen LogP contribution in [0.15, 0.2) is 18.2 Å². The van der Waals surface area contributed by atoms with Crippen LogP contribution < -0.4 is 39.4 Å². The Bertz CT molecular complexity index is 644. The third-order valence-electron chi connectivity index (χ3n) is 5.42. The predicted molar refractivity (Wildman–Crippen MR) is 133 cm³/mol. The molecule has 0 aromatic heterocycles. The molecule has 0 saturated heterocycles. The molecule has 1 aromatic rings. The van der Waals surface area contributed by atoms with Crippen molar-refractivity contribution in [2.24, 2.45) is 0 Å². The molecule has 1 aromatic carbocycles. The van der Waals surface area contributed by atoms with Crippen molar-refractivity contribution >= 4 is 5.97 Å². The average Bonchev–Trinajstić information content (AvgIpc) is 2.86. The number of unbranched alkanes of at least 4 members (excludes halogenated alkanes) is 7. The molecular weight excluding hydrogens is 475 g/mol. The number of ether oxygens (including phenoxy) is 5. The van der Waals surface area contributed by atoms with E-state index in [9.17, 15) is 9.90 Å². The Kier molecular flexibility index (Phi) is 25.4. The molecule has 0 aliphatic heterocycles. The van der Waals surface area contributed by atoms with Crippen LogP contribution in [-0.2, 0) is 25.4 Å². The van der Waals surface area contributed by atoms with Crippen molar-refractivity contribution < 1.29 is 68.2 Å². The first-order chi connectivity index (χ1) is 17.2. The summed E-state index contributed by atoms with van der Waals surface area (Å²) in [6.45, 7) is 5.81. The topological polar surface area (TPSA) is 107 Å². The molecule has 0 atom stereocenters. The Morgan fingerprint density at radius 3 is 1.78 bits per heavy atom. The van der Waals surface area contributed by atoms with Crippen LogP contribution in [0.3, 0.4) is 0 Å². The largest absolute Gasteiger partial charge is 1.00 e. The van der Waals surface area contributed by atoms with E-state index in [0.717, 1.165) is 18.4 Å². The molecule has 0 heterocycles. The van der Waals surface area contributed by atoms with Gasteiger partial charge in [0.25, 0.3) is 0 Å². The molecule has 0 amide bonds. The molecule has 0 saturated carbocycles. The van der Waals surface area contributed by atoms with Gasteiger partial charge in [-0.2, -0.15) is 0 Å². The molecule has 0 unspecified atom stereocenters. The number of hydrogen-bond donors (Lipinski definition) is 1. The summed E-state index contributed by atoms with van der Waals surface area (Å²) in [6, 6.07) is 5.31. The molecule has 0 fully saturated rings. The molecule has 0 aliphatic carbocycles. The van der Waals surface area contributed by atoms with Gasteiger partial charge in [0.15, 0.2) is 0 Å². The monoisotopic (exact) mass is 520 g/mol. The second kappa shape index (κ2) is 25.9. The number of aliphatic hydroxyl groups excluding tert-OH is 1. The van der Waals surface area contributed by atoms with Gasteiger partial charge < -0.3 is 38.7 Å². The van der Waals surface area contributed by atoms with E-state index in [1.165, 1.54) is 44.9 Å². The van der Waals surface area contributed by atoms with Crippen molar-refractivity contribution in [1.82, 2.24) is 0 Å². The number of carbonyl (C=O) groups is 1. The second-order valence-corrected chi connectivity index (χ2v) is 8.36. The summed E-state index contributed by atoms with van der Waals surface area (Å²) in [5.74, 6) is -0.918. The third-order valence-corrected chi connectivity index (χ3v) is 5.42.